The fourth-order valence-corrected chi connectivity index (χ4v) is 4.44. The average molecular weight is 547 g/mol. The largest absolute Gasteiger partial charge is 0.485 e. The fourth-order valence-electron chi connectivity index (χ4n) is 4.44. The van der Waals surface area contributed by atoms with E-state index in [4.69, 9.17) is 4.74 Å². The maximum atomic E-state index is 14.1. The molecule has 0 aliphatic carbocycles. The van der Waals surface area contributed by atoms with Gasteiger partial charge in [0.2, 0.25) is 5.91 Å². The van der Waals surface area contributed by atoms with Gasteiger partial charge < -0.3 is 15.4 Å². The van der Waals surface area contributed by atoms with Gasteiger partial charge in [-0.3, -0.25) is 9.20 Å². The van der Waals surface area contributed by atoms with Gasteiger partial charge in [0.25, 0.3) is 0 Å². The number of aryl methyl sites for hydroxylation is 1. The zero-order valence-electron chi connectivity index (χ0n) is 21.1. The lowest BCUT2D eigenvalue weighted by atomic mass is 9.87. The van der Waals surface area contributed by atoms with Crippen LogP contribution in [0.4, 0.5) is 33.6 Å². The summed E-state index contributed by atoms with van der Waals surface area (Å²) in [5, 5.41) is 5.41. The number of halogens is 5. The third-order valence-electron chi connectivity index (χ3n) is 6.47. The van der Waals surface area contributed by atoms with Crippen LogP contribution in [0.5, 0.6) is 5.75 Å². The first-order valence-electron chi connectivity index (χ1n) is 11.9. The van der Waals surface area contributed by atoms with E-state index in [-0.39, 0.29) is 41.3 Å². The highest BCUT2D eigenvalue weighted by Crippen LogP contribution is 2.42. The number of rotatable bonds is 7. The Morgan fingerprint density at radius 2 is 1.79 bits per heavy atom. The number of pyridine rings is 1. The minimum Gasteiger partial charge on any atom is -0.485 e. The third-order valence-corrected chi connectivity index (χ3v) is 6.47. The van der Waals surface area contributed by atoms with Crippen molar-refractivity contribution in [2.45, 2.75) is 45.4 Å². The molecule has 0 saturated heterocycles. The van der Waals surface area contributed by atoms with Crippen LogP contribution in [0.15, 0.2) is 36.5 Å². The maximum Gasteiger partial charge on any atom is 0.390 e. The van der Waals surface area contributed by atoms with Crippen molar-refractivity contribution in [2.24, 2.45) is 0 Å². The van der Waals surface area contributed by atoms with Crippen molar-refractivity contribution >= 4 is 23.2 Å². The highest BCUT2D eigenvalue weighted by Gasteiger charge is 2.43. The highest BCUT2D eigenvalue weighted by atomic mass is 19.4. The van der Waals surface area contributed by atoms with E-state index < -0.39 is 36.2 Å². The minimum atomic E-state index is -4.38. The lowest BCUT2D eigenvalue weighted by molar-refractivity contribution is -0.131. The van der Waals surface area contributed by atoms with E-state index in [1.54, 1.807) is 43.5 Å². The topological polar surface area (TPSA) is 93.4 Å². The number of carbonyl (C=O) groups excluding carboxylic acids is 1. The summed E-state index contributed by atoms with van der Waals surface area (Å²) in [7, 11) is 0. The molecular formula is C26H23F5N6O2. The molecule has 2 N–H and O–H groups in total. The van der Waals surface area contributed by atoms with E-state index >= 15 is 0 Å². The molecular weight excluding hydrogens is 523 g/mol. The van der Waals surface area contributed by atoms with E-state index in [1.165, 1.54) is 6.07 Å². The molecule has 1 aliphatic rings. The first kappa shape index (κ1) is 26.3. The quantitative estimate of drug-likeness (QED) is 0.295. The molecule has 0 radical (unpaired) electrons. The van der Waals surface area contributed by atoms with Crippen molar-refractivity contribution in [1.82, 2.24) is 19.4 Å². The zero-order chi connectivity index (χ0) is 28.1. The SMILES string of the molecule is Cc1nc2c(OCc3c(F)cccc3F)cccn2c1-c1nc(NCCC(F)(F)F)c2c(n1)NC(=O)C2(C)C. The summed E-state index contributed by atoms with van der Waals surface area (Å²) in [6, 6.07) is 6.73. The second kappa shape index (κ2) is 9.47. The van der Waals surface area contributed by atoms with Crippen molar-refractivity contribution in [3.63, 3.8) is 0 Å². The number of nitrogens with zero attached hydrogens (tertiary/aromatic N) is 4. The predicted octanol–water partition coefficient (Wildman–Crippen LogP) is 5.55. The molecule has 4 heterocycles. The molecule has 204 valence electrons. The average Bonchev–Trinajstić information content (AvgIpc) is 3.30. The molecule has 0 atom stereocenters. The zero-order valence-corrected chi connectivity index (χ0v) is 21.1. The Balaban J connectivity index is 1.56. The van der Waals surface area contributed by atoms with Gasteiger partial charge in [-0.15, -0.1) is 0 Å². The molecule has 39 heavy (non-hydrogen) atoms. The third kappa shape index (κ3) is 4.84. The normalized spacial score (nSPS) is 14.4. The van der Waals surface area contributed by atoms with Crippen LogP contribution in [0.2, 0.25) is 0 Å². The molecule has 1 aromatic carbocycles. The number of nitrogens with one attached hydrogen (secondary N) is 2. The van der Waals surface area contributed by atoms with Crippen LogP contribution in [0, 0.1) is 18.6 Å². The molecule has 3 aromatic heterocycles. The van der Waals surface area contributed by atoms with Gasteiger partial charge in [-0.1, -0.05) is 6.07 Å². The number of anilines is 2. The Morgan fingerprint density at radius 3 is 2.49 bits per heavy atom. The van der Waals surface area contributed by atoms with Gasteiger partial charge in [-0.05, 0) is 45.0 Å². The number of hydrogen-bond acceptors (Lipinski definition) is 6. The Kier molecular flexibility index (Phi) is 6.39. The molecule has 0 saturated carbocycles. The van der Waals surface area contributed by atoms with Crippen LogP contribution in [0.3, 0.4) is 0 Å². The summed E-state index contributed by atoms with van der Waals surface area (Å²) < 4.78 is 74.0. The Bertz CT molecular complexity index is 1580. The molecule has 0 unspecified atom stereocenters. The van der Waals surface area contributed by atoms with Crippen molar-refractivity contribution < 1.29 is 31.5 Å². The summed E-state index contributed by atoms with van der Waals surface area (Å²) in [5.74, 6) is -1.25. The Morgan fingerprint density at radius 1 is 1.08 bits per heavy atom. The van der Waals surface area contributed by atoms with Gasteiger partial charge in [0, 0.05) is 12.7 Å². The van der Waals surface area contributed by atoms with Gasteiger partial charge in [0.05, 0.1) is 28.7 Å². The van der Waals surface area contributed by atoms with Gasteiger partial charge in [-0.2, -0.15) is 13.2 Å². The van der Waals surface area contributed by atoms with Crippen molar-refractivity contribution in [3.8, 4) is 17.3 Å². The van der Waals surface area contributed by atoms with E-state index in [1.807, 2.05) is 0 Å². The number of aromatic nitrogens is 4. The van der Waals surface area contributed by atoms with Crippen molar-refractivity contribution in [3.05, 3.63) is 65.0 Å². The first-order chi connectivity index (χ1) is 18.4. The highest BCUT2D eigenvalue weighted by molar-refractivity contribution is 6.06. The van der Waals surface area contributed by atoms with Crippen LogP contribution in [0.25, 0.3) is 17.2 Å². The van der Waals surface area contributed by atoms with Crippen molar-refractivity contribution in [1.29, 1.82) is 0 Å². The maximum absolute atomic E-state index is 14.1. The number of benzene rings is 1. The molecule has 5 rings (SSSR count). The van der Waals surface area contributed by atoms with Crippen LogP contribution in [0.1, 0.15) is 37.1 Å². The number of hydrogen-bond donors (Lipinski definition) is 2. The summed E-state index contributed by atoms with van der Waals surface area (Å²) in [6.45, 7) is 4.11. The summed E-state index contributed by atoms with van der Waals surface area (Å²) in [6.07, 6.45) is -3.83. The van der Waals surface area contributed by atoms with Crippen LogP contribution in [-0.4, -0.2) is 38.0 Å². The lowest BCUT2D eigenvalue weighted by Crippen LogP contribution is -2.28. The summed E-state index contributed by atoms with van der Waals surface area (Å²) in [5.41, 5.74) is 0.202. The van der Waals surface area contributed by atoms with E-state index in [0.29, 0.717) is 22.6 Å². The minimum absolute atomic E-state index is 0.0967. The number of ether oxygens (including phenoxy) is 1. The van der Waals surface area contributed by atoms with Crippen LogP contribution in [-0.2, 0) is 16.8 Å². The molecule has 4 aromatic rings. The molecule has 0 bridgehead atoms. The summed E-state index contributed by atoms with van der Waals surface area (Å²) in [4.78, 5) is 26.2. The smallest absolute Gasteiger partial charge is 0.390 e. The number of imidazole rings is 1. The predicted molar refractivity (Wildman–Crippen MR) is 132 cm³/mol. The lowest BCUT2D eigenvalue weighted by Gasteiger charge is -2.19. The molecule has 0 spiro atoms. The standard InChI is InChI=1S/C26H23F5N6O2/c1-13-19(37-11-5-8-17(23(37)33-13)39-12-14-15(27)6-4-7-16(14)28)22-34-20(32-10-9-26(29,30)31)18-21(35-22)36-24(38)25(18,2)3/h4-8,11H,9-10,12H2,1-3H3,(H2,32,34,35,36,38). The molecule has 8 nitrogen and oxygen atoms in total. The molecule has 1 amide bonds. The van der Waals surface area contributed by atoms with Crippen LogP contribution < -0.4 is 15.4 Å². The second-order valence-corrected chi connectivity index (χ2v) is 9.59. The van der Waals surface area contributed by atoms with E-state index in [0.717, 1.165) is 12.1 Å². The molecule has 1 aliphatic heterocycles. The summed E-state index contributed by atoms with van der Waals surface area (Å²) >= 11 is 0. The Labute approximate surface area is 219 Å². The molecule has 13 heteroatoms. The van der Waals surface area contributed by atoms with Gasteiger partial charge in [0.15, 0.2) is 17.2 Å². The second-order valence-electron chi connectivity index (χ2n) is 9.59. The van der Waals surface area contributed by atoms with E-state index in [9.17, 15) is 26.7 Å². The van der Waals surface area contributed by atoms with Gasteiger partial charge >= 0.3 is 6.18 Å². The van der Waals surface area contributed by atoms with E-state index in [2.05, 4.69) is 25.6 Å². The van der Waals surface area contributed by atoms with Gasteiger partial charge in [-0.25, -0.2) is 23.7 Å². The number of carbonyl (C=O) groups is 1. The monoisotopic (exact) mass is 546 g/mol. The molecule has 0 fully saturated rings. The number of amides is 1. The van der Waals surface area contributed by atoms with Crippen LogP contribution >= 0.6 is 0 Å². The first-order valence-corrected chi connectivity index (χ1v) is 11.9. The van der Waals surface area contributed by atoms with Crippen molar-refractivity contribution in [2.75, 3.05) is 17.2 Å². The Hall–Kier alpha value is -4.29. The number of fused-ring (bicyclic) bond motifs is 2. The van der Waals surface area contributed by atoms with Gasteiger partial charge in [0.1, 0.15) is 35.6 Å². The fraction of sp³-hybridized carbons (Fsp3) is 0.308. The number of alkyl halides is 3.